The van der Waals surface area contributed by atoms with E-state index in [1.807, 2.05) is 25.1 Å². The number of para-hydroxylation sites is 1. The highest BCUT2D eigenvalue weighted by Crippen LogP contribution is 2.33. The van der Waals surface area contributed by atoms with Crippen LogP contribution in [0.25, 0.3) is 33.1 Å². The monoisotopic (exact) mass is 407 g/mol. The number of hydrogen-bond donors (Lipinski definition) is 1. The van der Waals surface area contributed by atoms with Crippen molar-refractivity contribution in [3.05, 3.63) is 78.4 Å². The molecule has 31 heavy (non-hydrogen) atoms. The van der Waals surface area contributed by atoms with Gasteiger partial charge < -0.3 is 14.6 Å². The number of benzene rings is 3. The summed E-state index contributed by atoms with van der Waals surface area (Å²) in [5.74, 6) is 2.81. The maximum Gasteiger partial charge on any atom is 0.140 e. The zero-order valence-electron chi connectivity index (χ0n) is 17.2. The van der Waals surface area contributed by atoms with Crippen LogP contribution < -0.4 is 9.64 Å². The maximum absolute atomic E-state index is 6.08. The average molecular weight is 407 g/mol. The third-order valence-corrected chi connectivity index (χ3v) is 5.80. The Kier molecular flexibility index (Phi) is 4.09. The molecule has 0 fully saturated rings. The average Bonchev–Trinajstić information content (AvgIpc) is 3.04. The number of fused-ring (bicyclic) bond motifs is 3. The molecular weight excluding hydrogens is 386 g/mol. The lowest BCUT2D eigenvalue weighted by Gasteiger charge is -2.22. The van der Waals surface area contributed by atoms with Crippen LogP contribution in [0.4, 0.5) is 5.82 Å². The highest BCUT2D eigenvalue weighted by Gasteiger charge is 2.19. The molecule has 6 nitrogen and oxygen atoms in total. The molecule has 0 atom stereocenters. The third kappa shape index (κ3) is 3.17. The number of anilines is 1. The van der Waals surface area contributed by atoms with Crippen LogP contribution in [-0.2, 0) is 6.54 Å². The highest BCUT2D eigenvalue weighted by molar-refractivity contribution is 5.89. The topological polar surface area (TPSA) is 66.9 Å². The van der Waals surface area contributed by atoms with Gasteiger partial charge in [0.05, 0.1) is 23.1 Å². The summed E-state index contributed by atoms with van der Waals surface area (Å²) in [5, 5.41) is 1.06. The Balaban J connectivity index is 1.40. The van der Waals surface area contributed by atoms with Crippen molar-refractivity contribution in [2.75, 3.05) is 18.1 Å². The first-order chi connectivity index (χ1) is 15.2. The van der Waals surface area contributed by atoms with Crippen LogP contribution in [0.2, 0.25) is 0 Å². The Bertz CT molecular complexity index is 1420. The number of aromatic nitrogens is 4. The second-order valence-electron chi connectivity index (χ2n) is 7.86. The fraction of sp³-hybridized carbons (Fsp3) is 0.160. The number of nitrogens with zero attached hydrogens (tertiary/aromatic N) is 4. The van der Waals surface area contributed by atoms with Crippen LogP contribution >= 0.6 is 0 Å². The van der Waals surface area contributed by atoms with Gasteiger partial charge in [-0.05, 0) is 54.4 Å². The fourth-order valence-corrected chi connectivity index (χ4v) is 4.31. The first kappa shape index (κ1) is 17.9. The van der Waals surface area contributed by atoms with E-state index in [2.05, 4.69) is 67.3 Å². The molecule has 6 heteroatoms. The first-order valence-electron chi connectivity index (χ1n) is 10.4. The predicted molar refractivity (Wildman–Crippen MR) is 122 cm³/mol. The molecule has 1 aliphatic heterocycles. The SMILES string of the molecule is Cc1nc2ccc(-c3ccc4c(c3)CN(c3ncnc5ccccc35)CCO4)cc2[nH]1. The minimum absolute atomic E-state index is 0.615. The highest BCUT2D eigenvalue weighted by atomic mass is 16.5. The van der Waals surface area contributed by atoms with E-state index in [4.69, 9.17) is 4.74 Å². The number of aromatic amines is 1. The Morgan fingerprint density at radius 1 is 0.935 bits per heavy atom. The van der Waals surface area contributed by atoms with Crippen LogP contribution in [0.5, 0.6) is 5.75 Å². The second-order valence-corrected chi connectivity index (χ2v) is 7.86. The summed E-state index contributed by atoms with van der Waals surface area (Å²) in [7, 11) is 0. The zero-order valence-corrected chi connectivity index (χ0v) is 17.2. The van der Waals surface area contributed by atoms with Crippen LogP contribution in [0, 0.1) is 6.92 Å². The van der Waals surface area contributed by atoms with E-state index < -0.39 is 0 Å². The van der Waals surface area contributed by atoms with Gasteiger partial charge in [-0.15, -0.1) is 0 Å². The molecule has 1 N–H and O–H groups in total. The quantitative estimate of drug-likeness (QED) is 0.452. The number of H-pyrrole nitrogens is 1. The molecular formula is C25H21N5O. The van der Waals surface area contributed by atoms with Crippen LogP contribution in [0.15, 0.2) is 67.0 Å². The van der Waals surface area contributed by atoms with E-state index >= 15 is 0 Å². The number of nitrogens with one attached hydrogen (secondary N) is 1. The summed E-state index contributed by atoms with van der Waals surface area (Å²) in [6, 6.07) is 20.9. The molecule has 0 spiro atoms. The molecule has 3 heterocycles. The molecule has 0 unspecified atom stereocenters. The Morgan fingerprint density at radius 2 is 1.81 bits per heavy atom. The normalized spacial score (nSPS) is 13.8. The van der Waals surface area contributed by atoms with Gasteiger partial charge in [0.2, 0.25) is 0 Å². The smallest absolute Gasteiger partial charge is 0.140 e. The first-order valence-corrected chi connectivity index (χ1v) is 10.4. The molecule has 0 aliphatic carbocycles. The van der Waals surface area contributed by atoms with Crippen LogP contribution in [0.1, 0.15) is 11.4 Å². The van der Waals surface area contributed by atoms with Crippen molar-refractivity contribution in [3.63, 3.8) is 0 Å². The summed E-state index contributed by atoms with van der Waals surface area (Å²) in [4.78, 5) is 19.1. The molecule has 0 saturated carbocycles. The van der Waals surface area contributed by atoms with Gasteiger partial charge in [-0.2, -0.15) is 0 Å². The number of ether oxygens (including phenoxy) is 1. The summed E-state index contributed by atoms with van der Waals surface area (Å²) in [6.07, 6.45) is 1.64. The van der Waals surface area contributed by atoms with E-state index in [-0.39, 0.29) is 0 Å². The molecule has 0 bridgehead atoms. The molecule has 0 saturated heterocycles. The molecule has 2 aromatic heterocycles. The third-order valence-electron chi connectivity index (χ3n) is 5.80. The van der Waals surface area contributed by atoms with Gasteiger partial charge in [-0.3, -0.25) is 0 Å². The number of rotatable bonds is 2. The van der Waals surface area contributed by atoms with Gasteiger partial charge in [0.25, 0.3) is 0 Å². The lowest BCUT2D eigenvalue weighted by molar-refractivity contribution is 0.331. The second kappa shape index (κ2) is 7.09. The molecule has 1 aliphatic rings. The van der Waals surface area contributed by atoms with Gasteiger partial charge in [0.15, 0.2) is 0 Å². The van der Waals surface area contributed by atoms with Crippen molar-refractivity contribution < 1.29 is 4.74 Å². The summed E-state index contributed by atoms with van der Waals surface area (Å²) in [6.45, 7) is 4.09. The van der Waals surface area contributed by atoms with E-state index in [9.17, 15) is 0 Å². The van der Waals surface area contributed by atoms with E-state index in [1.165, 1.54) is 0 Å². The Labute approximate surface area is 179 Å². The predicted octanol–water partition coefficient (Wildman–Crippen LogP) is 4.88. The van der Waals surface area contributed by atoms with Crippen molar-refractivity contribution in [1.82, 2.24) is 19.9 Å². The van der Waals surface area contributed by atoms with Crippen LogP contribution in [-0.4, -0.2) is 33.1 Å². The summed E-state index contributed by atoms with van der Waals surface area (Å²) >= 11 is 0. The van der Waals surface area contributed by atoms with Gasteiger partial charge >= 0.3 is 0 Å². The summed E-state index contributed by atoms with van der Waals surface area (Å²) in [5.41, 5.74) is 6.46. The zero-order chi connectivity index (χ0) is 20.8. The van der Waals surface area contributed by atoms with Gasteiger partial charge in [-0.1, -0.05) is 24.3 Å². The fourth-order valence-electron chi connectivity index (χ4n) is 4.31. The molecule has 0 radical (unpaired) electrons. The van der Waals surface area contributed by atoms with Crippen molar-refractivity contribution in [1.29, 1.82) is 0 Å². The largest absolute Gasteiger partial charge is 0.491 e. The van der Waals surface area contributed by atoms with Crippen molar-refractivity contribution in [2.45, 2.75) is 13.5 Å². The Hall–Kier alpha value is -3.93. The molecule has 0 amide bonds. The Morgan fingerprint density at radius 3 is 2.77 bits per heavy atom. The van der Waals surface area contributed by atoms with Crippen molar-refractivity contribution >= 4 is 27.8 Å². The molecule has 6 rings (SSSR count). The minimum atomic E-state index is 0.615. The molecule has 3 aromatic carbocycles. The van der Waals surface area contributed by atoms with E-state index in [0.29, 0.717) is 6.61 Å². The molecule has 5 aromatic rings. The van der Waals surface area contributed by atoms with E-state index in [1.54, 1.807) is 6.33 Å². The maximum atomic E-state index is 6.08. The number of imidazole rings is 1. The minimum Gasteiger partial charge on any atom is -0.491 e. The molecule has 152 valence electrons. The summed E-state index contributed by atoms with van der Waals surface area (Å²) < 4.78 is 6.08. The number of aryl methyl sites for hydroxylation is 1. The van der Waals surface area contributed by atoms with Gasteiger partial charge in [0.1, 0.15) is 30.3 Å². The van der Waals surface area contributed by atoms with Crippen LogP contribution in [0.3, 0.4) is 0 Å². The van der Waals surface area contributed by atoms with Gasteiger partial charge in [-0.25, -0.2) is 15.0 Å². The van der Waals surface area contributed by atoms with Gasteiger partial charge in [0, 0.05) is 17.5 Å². The van der Waals surface area contributed by atoms with Crippen molar-refractivity contribution in [3.8, 4) is 16.9 Å². The lowest BCUT2D eigenvalue weighted by Crippen LogP contribution is -2.26. The number of hydrogen-bond acceptors (Lipinski definition) is 5. The van der Waals surface area contributed by atoms with E-state index in [0.717, 1.165) is 69.1 Å². The lowest BCUT2D eigenvalue weighted by atomic mass is 10.0. The standard InChI is InChI=1S/C25H21N5O/c1-16-28-22-8-6-18(13-23(22)29-16)17-7-9-24-19(12-17)14-30(10-11-31-24)25-20-4-2-3-5-21(20)26-15-27-25/h2-9,12-13,15H,10-11,14H2,1H3,(H,28,29). The van der Waals surface area contributed by atoms with Crippen molar-refractivity contribution in [2.24, 2.45) is 0 Å².